The number of pyridine rings is 1. The van der Waals surface area contributed by atoms with Gasteiger partial charge in [0, 0.05) is 17.1 Å². The van der Waals surface area contributed by atoms with E-state index in [0.717, 1.165) is 41.4 Å². The average molecular weight is 262 g/mol. The van der Waals surface area contributed by atoms with Crippen molar-refractivity contribution >= 4 is 10.9 Å². The number of nitrogens with two attached hydrogens (primary N) is 1. The van der Waals surface area contributed by atoms with Crippen LogP contribution in [0.25, 0.3) is 10.9 Å². The largest absolute Gasteiger partial charge is 0.496 e. The number of unbranched alkanes of at least 4 members (excludes halogenated alkanes) is 1. The lowest BCUT2D eigenvalue weighted by molar-refractivity contribution is 0.419. The van der Waals surface area contributed by atoms with Gasteiger partial charge in [0.2, 0.25) is 0 Å². The van der Waals surface area contributed by atoms with Crippen LogP contribution in [0.5, 0.6) is 5.75 Å². The highest BCUT2D eigenvalue weighted by Crippen LogP contribution is 2.29. The van der Waals surface area contributed by atoms with Crippen LogP contribution in [0, 0.1) is 12.7 Å². The first-order valence-corrected chi connectivity index (χ1v) is 6.49. The van der Waals surface area contributed by atoms with E-state index in [4.69, 9.17) is 10.5 Å². The number of hydrogen-bond donors (Lipinski definition) is 1. The van der Waals surface area contributed by atoms with Gasteiger partial charge in [0.25, 0.3) is 0 Å². The van der Waals surface area contributed by atoms with Gasteiger partial charge in [-0.25, -0.2) is 4.39 Å². The van der Waals surface area contributed by atoms with Crippen LogP contribution in [0.3, 0.4) is 0 Å². The second kappa shape index (κ2) is 5.97. The summed E-state index contributed by atoms with van der Waals surface area (Å²) in [7, 11) is 1.59. The van der Waals surface area contributed by atoms with Crippen LogP contribution < -0.4 is 10.5 Å². The third-order valence-corrected chi connectivity index (χ3v) is 3.17. The maximum Gasteiger partial charge on any atom is 0.130 e. The van der Waals surface area contributed by atoms with E-state index < -0.39 is 0 Å². The van der Waals surface area contributed by atoms with Crippen LogP contribution in [-0.4, -0.2) is 18.6 Å². The lowest BCUT2D eigenvalue weighted by atomic mass is 10.0. The number of nitrogens with zero attached hydrogens (tertiary/aromatic N) is 1. The molecule has 1 heterocycles. The second-order valence-corrected chi connectivity index (χ2v) is 4.67. The summed E-state index contributed by atoms with van der Waals surface area (Å²) in [5.74, 6) is 0.418. The van der Waals surface area contributed by atoms with Gasteiger partial charge >= 0.3 is 0 Å². The molecule has 2 aromatic rings. The van der Waals surface area contributed by atoms with E-state index in [1.165, 1.54) is 6.07 Å². The first kappa shape index (κ1) is 13.7. The van der Waals surface area contributed by atoms with Gasteiger partial charge in [0.05, 0.1) is 12.6 Å². The molecule has 1 aromatic heterocycles. The minimum Gasteiger partial charge on any atom is -0.496 e. The normalized spacial score (nSPS) is 10.9. The van der Waals surface area contributed by atoms with Gasteiger partial charge in [-0.2, -0.15) is 0 Å². The number of methoxy groups -OCH3 is 1. The van der Waals surface area contributed by atoms with Crippen LogP contribution >= 0.6 is 0 Å². The first-order valence-electron chi connectivity index (χ1n) is 6.49. The Bertz CT molecular complexity index is 584. The summed E-state index contributed by atoms with van der Waals surface area (Å²) in [5, 5.41) is 0.732. The van der Waals surface area contributed by atoms with Gasteiger partial charge < -0.3 is 10.5 Å². The molecule has 2 rings (SSSR count). The summed E-state index contributed by atoms with van der Waals surface area (Å²) in [6.45, 7) is 2.57. The maximum absolute atomic E-state index is 13.7. The van der Waals surface area contributed by atoms with Crippen molar-refractivity contribution in [3.05, 3.63) is 35.3 Å². The molecule has 0 saturated carbocycles. The zero-order valence-electron chi connectivity index (χ0n) is 11.4. The summed E-state index contributed by atoms with van der Waals surface area (Å²) >= 11 is 0. The lowest BCUT2D eigenvalue weighted by Crippen LogP contribution is -2.01. The van der Waals surface area contributed by atoms with Gasteiger partial charge in [-0.05, 0) is 50.4 Å². The fourth-order valence-electron chi connectivity index (χ4n) is 2.27. The van der Waals surface area contributed by atoms with Crippen molar-refractivity contribution in [2.24, 2.45) is 5.73 Å². The zero-order chi connectivity index (χ0) is 13.8. The SMILES string of the molecule is COc1cc(C)nc2c(CCCCN)cc(F)cc12. The van der Waals surface area contributed by atoms with E-state index in [1.54, 1.807) is 13.2 Å². The summed E-state index contributed by atoms with van der Waals surface area (Å²) in [6.07, 6.45) is 2.65. The minimum atomic E-state index is -0.251. The topological polar surface area (TPSA) is 48.1 Å². The van der Waals surface area contributed by atoms with E-state index in [0.29, 0.717) is 12.3 Å². The Labute approximate surface area is 112 Å². The van der Waals surface area contributed by atoms with Crippen LogP contribution in [0.2, 0.25) is 0 Å². The van der Waals surface area contributed by atoms with Crippen LogP contribution in [0.4, 0.5) is 4.39 Å². The van der Waals surface area contributed by atoms with Crippen LogP contribution in [0.15, 0.2) is 18.2 Å². The van der Waals surface area contributed by atoms with Gasteiger partial charge in [-0.3, -0.25) is 4.98 Å². The molecule has 0 amide bonds. The number of rotatable bonds is 5. The molecule has 2 N–H and O–H groups in total. The predicted octanol–water partition coefficient (Wildman–Crippen LogP) is 2.97. The Morgan fingerprint density at radius 3 is 2.74 bits per heavy atom. The molecule has 0 radical (unpaired) electrons. The second-order valence-electron chi connectivity index (χ2n) is 4.67. The molecular weight excluding hydrogens is 243 g/mol. The van der Waals surface area contributed by atoms with Gasteiger partial charge in [0.15, 0.2) is 0 Å². The van der Waals surface area contributed by atoms with Crippen molar-refractivity contribution in [2.75, 3.05) is 13.7 Å². The molecule has 0 fully saturated rings. The van der Waals surface area contributed by atoms with Gasteiger partial charge in [-0.15, -0.1) is 0 Å². The van der Waals surface area contributed by atoms with E-state index >= 15 is 0 Å². The predicted molar refractivity (Wildman–Crippen MR) is 75.0 cm³/mol. The summed E-state index contributed by atoms with van der Waals surface area (Å²) < 4.78 is 19.0. The monoisotopic (exact) mass is 262 g/mol. The van der Waals surface area contributed by atoms with Crippen molar-refractivity contribution in [3.63, 3.8) is 0 Å². The smallest absolute Gasteiger partial charge is 0.130 e. The average Bonchev–Trinajstić information content (AvgIpc) is 2.39. The van der Waals surface area contributed by atoms with Crippen molar-refractivity contribution in [1.82, 2.24) is 4.98 Å². The van der Waals surface area contributed by atoms with Crippen molar-refractivity contribution < 1.29 is 9.13 Å². The highest BCUT2D eigenvalue weighted by atomic mass is 19.1. The number of benzene rings is 1. The number of hydrogen-bond acceptors (Lipinski definition) is 3. The number of ether oxygens (including phenoxy) is 1. The molecule has 0 atom stereocenters. The molecule has 102 valence electrons. The molecule has 0 saturated heterocycles. The molecule has 0 aliphatic rings. The maximum atomic E-state index is 13.7. The Morgan fingerprint density at radius 2 is 2.05 bits per heavy atom. The van der Waals surface area contributed by atoms with Crippen LogP contribution in [-0.2, 0) is 6.42 Å². The molecule has 4 heteroatoms. The van der Waals surface area contributed by atoms with Crippen LogP contribution in [0.1, 0.15) is 24.1 Å². The van der Waals surface area contributed by atoms with Gasteiger partial charge in [-0.1, -0.05) is 0 Å². The molecule has 0 spiro atoms. The molecular formula is C15H19FN2O. The van der Waals surface area contributed by atoms with Gasteiger partial charge in [0.1, 0.15) is 11.6 Å². The number of fused-ring (bicyclic) bond motifs is 1. The summed E-state index contributed by atoms with van der Waals surface area (Å²) in [4.78, 5) is 4.53. The number of halogens is 1. The van der Waals surface area contributed by atoms with Crippen molar-refractivity contribution in [3.8, 4) is 5.75 Å². The van der Waals surface area contributed by atoms with Crippen molar-refractivity contribution in [1.29, 1.82) is 0 Å². The molecule has 1 aromatic carbocycles. The van der Waals surface area contributed by atoms with E-state index in [1.807, 2.05) is 13.0 Å². The molecule has 0 aliphatic carbocycles. The minimum absolute atomic E-state index is 0.251. The fourth-order valence-corrected chi connectivity index (χ4v) is 2.27. The first-order chi connectivity index (χ1) is 9.15. The Kier molecular flexibility index (Phi) is 4.32. The fraction of sp³-hybridized carbons (Fsp3) is 0.400. The molecule has 19 heavy (non-hydrogen) atoms. The number of aryl methyl sites for hydroxylation is 2. The Morgan fingerprint density at radius 1 is 1.26 bits per heavy atom. The highest BCUT2D eigenvalue weighted by Gasteiger charge is 2.11. The standard InChI is InChI=1S/C15H19FN2O/c1-10-7-14(19-2)13-9-12(16)8-11(15(13)18-10)5-3-4-6-17/h7-9H,3-6,17H2,1-2H3. The summed E-state index contributed by atoms with van der Waals surface area (Å²) in [6, 6.07) is 4.86. The Hall–Kier alpha value is -1.68. The van der Waals surface area contributed by atoms with E-state index in [2.05, 4.69) is 4.98 Å². The molecule has 0 bridgehead atoms. The third-order valence-electron chi connectivity index (χ3n) is 3.17. The highest BCUT2D eigenvalue weighted by molar-refractivity contribution is 5.88. The summed E-state index contributed by atoms with van der Waals surface area (Å²) in [5.41, 5.74) is 8.12. The molecule has 0 aliphatic heterocycles. The van der Waals surface area contributed by atoms with Crippen molar-refractivity contribution in [2.45, 2.75) is 26.2 Å². The zero-order valence-corrected chi connectivity index (χ0v) is 11.4. The van der Waals surface area contributed by atoms with E-state index in [-0.39, 0.29) is 5.82 Å². The number of aromatic nitrogens is 1. The third kappa shape index (κ3) is 3.01. The molecule has 0 unspecified atom stereocenters. The quantitative estimate of drug-likeness (QED) is 0.843. The van der Waals surface area contributed by atoms with E-state index in [9.17, 15) is 4.39 Å². The Balaban J connectivity index is 2.53. The lowest BCUT2D eigenvalue weighted by Gasteiger charge is -2.11. The molecule has 3 nitrogen and oxygen atoms in total.